The third kappa shape index (κ3) is 6.42. The van der Waals surface area contributed by atoms with Crippen LogP contribution in [0.4, 0.5) is 0 Å². The number of hydrogen-bond acceptors (Lipinski definition) is 5. The molecule has 1 rings (SSSR count). The van der Waals surface area contributed by atoms with Gasteiger partial charge < -0.3 is 25.0 Å². The van der Waals surface area contributed by atoms with Crippen molar-refractivity contribution < 1.29 is 19.7 Å². The summed E-state index contributed by atoms with van der Waals surface area (Å²) >= 11 is 0. The molecular weight excluding hydrogens is 246 g/mol. The normalized spacial score (nSPS) is 12.2. The number of benzene rings is 1. The van der Waals surface area contributed by atoms with E-state index in [1.165, 1.54) is 0 Å². The number of ether oxygens (including phenoxy) is 2. The predicted molar refractivity (Wildman–Crippen MR) is 73.7 cm³/mol. The first-order chi connectivity index (χ1) is 9.27. The van der Waals surface area contributed by atoms with E-state index in [-0.39, 0.29) is 13.2 Å². The first-order valence-corrected chi connectivity index (χ1v) is 6.53. The highest BCUT2D eigenvalue weighted by molar-refractivity contribution is 5.39. The summed E-state index contributed by atoms with van der Waals surface area (Å²) in [6.07, 6.45) is 1.11. The number of aliphatic hydroxyl groups excluding tert-OH is 2. The van der Waals surface area contributed by atoms with Gasteiger partial charge in [-0.1, -0.05) is 12.1 Å². The molecule has 108 valence electrons. The van der Waals surface area contributed by atoms with Gasteiger partial charge in [-0.05, 0) is 31.5 Å². The average molecular weight is 269 g/mol. The summed E-state index contributed by atoms with van der Waals surface area (Å²) in [7, 11) is 1.58. The minimum Gasteiger partial charge on any atom is -0.493 e. The maximum absolute atomic E-state index is 9.75. The summed E-state index contributed by atoms with van der Waals surface area (Å²) in [6, 6.07) is 7.34. The molecule has 0 radical (unpaired) electrons. The monoisotopic (exact) mass is 269 g/mol. The van der Waals surface area contributed by atoms with Crippen molar-refractivity contribution in [3.63, 3.8) is 0 Å². The van der Waals surface area contributed by atoms with E-state index in [0.717, 1.165) is 19.4 Å². The highest BCUT2D eigenvalue weighted by atomic mass is 16.5. The molecule has 0 heterocycles. The molecule has 5 nitrogen and oxygen atoms in total. The predicted octanol–water partition coefficient (Wildman–Crippen LogP) is 0.797. The first kappa shape index (κ1) is 15.8. The van der Waals surface area contributed by atoms with Crippen molar-refractivity contribution in [2.45, 2.75) is 18.9 Å². The Bertz CT molecular complexity index is 346. The molecule has 0 aliphatic carbocycles. The molecule has 0 fully saturated rings. The number of rotatable bonds is 10. The van der Waals surface area contributed by atoms with E-state index in [2.05, 4.69) is 5.32 Å². The Morgan fingerprint density at radius 2 is 1.95 bits per heavy atom. The van der Waals surface area contributed by atoms with E-state index >= 15 is 0 Å². The second kappa shape index (κ2) is 9.61. The summed E-state index contributed by atoms with van der Waals surface area (Å²) in [5.41, 5.74) is 0. The average Bonchev–Trinajstić information content (AvgIpc) is 2.45. The zero-order chi connectivity index (χ0) is 13.9. The Kier molecular flexibility index (Phi) is 7.97. The largest absolute Gasteiger partial charge is 0.493 e. The second-order valence-electron chi connectivity index (χ2n) is 4.25. The van der Waals surface area contributed by atoms with Gasteiger partial charge in [-0.3, -0.25) is 0 Å². The van der Waals surface area contributed by atoms with Crippen molar-refractivity contribution in [3.05, 3.63) is 24.3 Å². The topological polar surface area (TPSA) is 71.0 Å². The maximum Gasteiger partial charge on any atom is 0.161 e. The molecule has 5 heteroatoms. The fourth-order valence-corrected chi connectivity index (χ4v) is 1.61. The molecule has 0 amide bonds. The third-order valence-corrected chi connectivity index (χ3v) is 2.64. The molecule has 1 aromatic carbocycles. The van der Waals surface area contributed by atoms with E-state index < -0.39 is 6.10 Å². The first-order valence-electron chi connectivity index (χ1n) is 6.53. The Morgan fingerprint density at radius 3 is 2.63 bits per heavy atom. The van der Waals surface area contributed by atoms with Gasteiger partial charge in [-0.15, -0.1) is 0 Å². The van der Waals surface area contributed by atoms with Crippen molar-refractivity contribution in [2.24, 2.45) is 0 Å². The van der Waals surface area contributed by atoms with Gasteiger partial charge in [-0.2, -0.15) is 0 Å². The summed E-state index contributed by atoms with van der Waals surface area (Å²) in [5, 5.41) is 21.5. The molecule has 0 aromatic heterocycles. The maximum atomic E-state index is 9.75. The van der Waals surface area contributed by atoms with Crippen LogP contribution in [0.3, 0.4) is 0 Å². The molecule has 0 aliphatic rings. The van der Waals surface area contributed by atoms with E-state index in [0.29, 0.717) is 18.0 Å². The Morgan fingerprint density at radius 1 is 1.21 bits per heavy atom. The Hall–Kier alpha value is -1.30. The van der Waals surface area contributed by atoms with Crippen LogP contribution in [0.5, 0.6) is 11.5 Å². The van der Waals surface area contributed by atoms with Crippen LogP contribution in [0.2, 0.25) is 0 Å². The molecule has 0 saturated carbocycles. The van der Waals surface area contributed by atoms with Gasteiger partial charge in [0.15, 0.2) is 11.5 Å². The lowest BCUT2D eigenvalue weighted by molar-refractivity contribution is 0.104. The van der Waals surface area contributed by atoms with Crippen LogP contribution in [0.1, 0.15) is 12.8 Å². The van der Waals surface area contributed by atoms with Crippen LogP contribution in [-0.4, -0.2) is 49.7 Å². The van der Waals surface area contributed by atoms with Gasteiger partial charge in [0.05, 0.1) is 7.11 Å². The third-order valence-electron chi connectivity index (χ3n) is 2.64. The SMILES string of the molecule is COc1ccccc1OCC(O)CNCCCCO. The molecule has 1 atom stereocenters. The summed E-state index contributed by atoms with van der Waals surface area (Å²) < 4.78 is 10.7. The molecule has 19 heavy (non-hydrogen) atoms. The van der Waals surface area contributed by atoms with Gasteiger partial charge in [0, 0.05) is 13.2 Å². The van der Waals surface area contributed by atoms with E-state index in [1.807, 2.05) is 18.2 Å². The van der Waals surface area contributed by atoms with Crippen molar-refractivity contribution >= 4 is 0 Å². The molecule has 1 unspecified atom stereocenters. The van der Waals surface area contributed by atoms with Crippen molar-refractivity contribution in [2.75, 3.05) is 33.4 Å². The van der Waals surface area contributed by atoms with Crippen LogP contribution in [0.15, 0.2) is 24.3 Å². The smallest absolute Gasteiger partial charge is 0.161 e. The highest BCUT2D eigenvalue weighted by Crippen LogP contribution is 2.25. The lowest BCUT2D eigenvalue weighted by atomic mass is 10.3. The zero-order valence-electron chi connectivity index (χ0n) is 11.3. The summed E-state index contributed by atoms with van der Waals surface area (Å²) in [5.74, 6) is 1.29. The van der Waals surface area contributed by atoms with Gasteiger partial charge in [-0.25, -0.2) is 0 Å². The second-order valence-corrected chi connectivity index (χ2v) is 4.25. The number of hydrogen-bond donors (Lipinski definition) is 3. The van der Waals surface area contributed by atoms with Crippen LogP contribution < -0.4 is 14.8 Å². The number of para-hydroxylation sites is 2. The number of nitrogens with one attached hydrogen (secondary N) is 1. The number of unbranched alkanes of at least 4 members (excludes halogenated alkanes) is 1. The van der Waals surface area contributed by atoms with E-state index in [4.69, 9.17) is 14.6 Å². The van der Waals surface area contributed by atoms with Crippen LogP contribution in [-0.2, 0) is 0 Å². The quantitative estimate of drug-likeness (QED) is 0.548. The molecule has 0 aliphatic heterocycles. The Balaban J connectivity index is 2.20. The lowest BCUT2D eigenvalue weighted by Gasteiger charge is -2.14. The zero-order valence-corrected chi connectivity index (χ0v) is 11.3. The molecule has 3 N–H and O–H groups in total. The van der Waals surface area contributed by atoms with Gasteiger partial charge in [0.2, 0.25) is 0 Å². The van der Waals surface area contributed by atoms with E-state index in [9.17, 15) is 5.11 Å². The number of methoxy groups -OCH3 is 1. The molecule has 1 aromatic rings. The fraction of sp³-hybridized carbons (Fsp3) is 0.571. The van der Waals surface area contributed by atoms with Crippen LogP contribution >= 0.6 is 0 Å². The Labute approximate surface area is 114 Å². The van der Waals surface area contributed by atoms with Crippen molar-refractivity contribution in [3.8, 4) is 11.5 Å². The molecule has 0 bridgehead atoms. The van der Waals surface area contributed by atoms with Crippen LogP contribution in [0, 0.1) is 0 Å². The fourth-order valence-electron chi connectivity index (χ4n) is 1.61. The molecule has 0 spiro atoms. The van der Waals surface area contributed by atoms with Gasteiger partial charge in [0.1, 0.15) is 12.7 Å². The summed E-state index contributed by atoms with van der Waals surface area (Å²) in [6.45, 7) is 1.68. The minimum atomic E-state index is -0.570. The minimum absolute atomic E-state index is 0.209. The van der Waals surface area contributed by atoms with Crippen LogP contribution in [0.25, 0.3) is 0 Å². The van der Waals surface area contributed by atoms with E-state index in [1.54, 1.807) is 13.2 Å². The van der Waals surface area contributed by atoms with Gasteiger partial charge in [0.25, 0.3) is 0 Å². The molecular formula is C14H23NO4. The highest BCUT2D eigenvalue weighted by Gasteiger charge is 2.07. The lowest BCUT2D eigenvalue weighted by Crippen LogP contribution is -2.32. The number of aliphatic hydroxyl groups is 2. The molecule has 0 saturated heterocycles. The van der Waals surface area contributed by atoms with Gasteiger partial charge >= 0.3 is 0 Å². The van der Waals surface area contributed by atoms with Crippen molar-refractivity contribution in [1.82, 2.24) is 5.32 Å². The summed E-state index contributed by atoms with van der Waals surface area (Å²) in [4.78, 5) is 0. The standard InChI is InChI=1S/C14H23NO4/c1-18-13-6-2-3-7-14(13)19-11-12(17)10-15-8-4-5-9-16/h2-3,6-7,12,15-17H,4-5,8-11H2,1H3. The van der Waals surface area contributed by atoms with Crippen molar-refractivity contribution in [1.29, 1.82) is 0 Å².